The number of aromatic hydroxyl groups is 1. The van der Waals surface area contributed by atoms with E-state index in [0.29, 0.717) is 5.75 Å². The fraction of sp³-hybridized carbons (Fsp3) is 0.158. The van der Waals surface area contributed by atoms with Crippen molar-refractivity contribution < 1.29 is 9.84 Å². The Morgan fingerprint density at radius 1 is 0.905 bits per heavy atom. The monoisotopic (exact) mass is 278 g/mol. The molecule has 3 aromatic rings. The second kappa shape index (κ2) is 5.88. The molecule has 3 aromatic carbocycles. The summed E-state index contributed by atoms with van der Waals surface area (Å²) < 4.78 is 5.07. The lowest BCUT2D eigenvalue weighted by molar-refractivity contribution is 0.373. The van der Waals surface area contributed by atoms with Crippen molar-refractivity contribution in [2.24, 2.45) is 0 Å². The van der Waals surface area contributed by atoms with Gasteiger partial charge in [0.2, 0.25) is 0 Å². The Balaban J connectivity index is 1.82. The van der Waals surface area contributed by atoms with Crippen LogP contribution in [-0.4, -0.2) is 12.2 Å². The quantitative estimate of drug-likeness (QED) is 0.769. The zero-order chi connectivity index (χ0) is 14.7. The van der Waals surface area contributed by atoms with Gasteiger partial charge in [-0.2, -0.15) is 0 Å². The molecule has 0 aliphatic carbocycles. The summed E-state index contributed by atoms with van der Waals surface area (Å²) in [7, 11) is 1.56. The first-order valence-corrected chi connectivity index (χ1v) is 7.10. The first-order valence-electron chi connectivity index (χ1n) is 7.10. The average molecular weight is 278 g/mol. The first kappa shape index (κ1) is 13.5. The molecule has 0 amide bonds. The van der Waals surface area contributed by atoms with Crippen molar-refractivity contribution >= 4 is 10.8 Å². The van der Waals surface area contributed by atoms with Crippen molar-refractivity contribution in [2.75, 3.05) is 7.11 Å². The van der Waals surface area contributed by atoms with Gasteiger partial charge in [-0.05, 0) is 46.9 Å². The zero-order valence-corrected chi connectivity index (χ0v) is 12.0. The third-order valence-electron chi connectivity index (χ3n) is 3.81. The highest BCUT2D eigenvalue weighted by Crippen LogP contribution is 2.27. The molecule has 0 heterocycles. The lowest BCUT2D eigenvalue weighted by Crippen LogP contribution is -1.93. The van der Waals surface area contributed by atoms with Crippen molar-refractivity contribution in [3.05, 3.63) is 71.8 Å². The number of hydrogen-bond donors (Lipinski definition) is 1. The second-order valence-corrected chi connectivity index (χ2v) is 5.14. The molecule has 0 aliphatic heterocycles. The van der Waals surface area contributed by atoms with Crippen LogP contribution >= 0.6 is 0 Å². The summed E-state index contributed by atoms with van der Waals surface area (Å²) in [5.74, 6) is 0.719. The molecule has 0 aromatic heterocycles. The first-order chi connectivity index (χ1) is 10.3. The number of phenols is 1. The van der Waals surface area contributed by atoms with Crippen LogP contribution in [0.25, 0.3) is 10.8 Å². The maximum absolute atomic E-state index is 9.84. The van der Waals surface area contributed by atoms with E-state index in [9.17, 15) is 5.11 Å². The van der Waals surface area contributed by atoms with Crippen molar-refractivity contribution in [1.29, 1.82) is 0 Å². The fourth-order valence-corrected chi connectivity index (χ4v) is 2.68. The molecule has 0 spiro atoms. The van der Waals surface area contributed by atoms with E-state index in [0.717, 1.165) is 18.4 Å². The number of fused-ring (bicyclic) bond motifs is 1. The van der Waals surface area contributed by atoms with Gasteiger partial charge in [-0.3, -0.25) is 0 Å². The van der Waals surface area contributed by atoms with E-state index in [4.69, 9.17) is 4.74 Å². The molecule has 0 unspecified atom stereocenters. The van der Waals surface area contributed by atoms with E-state index in [2.05, 4.69) is 42.5 Å². The minimum Gasteiger partial charge on any atom is -0.504 e. The minimum atomic E-state index is 0.202. The molecule has 0 radical (unpaired) electrons. The molecular weight excluding hydrogens is 260 g/mol. The van der Waals surface area contributed by atoms with Gasteiger partial charge in [-0.1, -0.05) is 48.5 Å². The van der Waals surface area contributed by atoms with E-state index in [1.807, 2.05) is 12.1 Å². The molecule has 0 bridgehead atoms. The van der Waals surface area contributed by atoms with E-state index in [-0.39, 0.29) is 5.75 Å². The van der Waals surface area contributed by atoms with Crippen molar-refractivity contribution in [2.45, 2.75) is 12.8 Å². The fourth-order valence-electron chi connectivity index (χ4n) is 2.68. The maximum atomic E-state index is 9.84. The van der Waals surface area contributed by atoms with Gasteiger partial charge in [0, 0.05) is 0 Å². The second-order valence-electron chi connectivity index (χ2n) is 5.14. The number of ether oxygens (including phenoxy) is 1. The van der Waals surface area contributed by atoms with Crippen LogP contribution in [0.2, 0.25) is 0 Å². The highest BCUT2D eigenvalue weighted by Gasteiger charge is 2.04. The molecule has 3 rings (SSSR count). The van der Waals surface area contributed by atoms with E-state index >= 15 is 0 Å². The molecule has 0 aliphatic rings. The molecular formula is C19H18O2. The van der Waals surface area contributed by atoms with Gasteiger partial charge in [0.25, 0.3) is 0 Å². The Morgan fingerprint density at radius 3 is 2.52 bits per heavy atom. The molecule has 0 saturated heterocycles. The van der Waals surface area contributed by atoms with E-state index < -0.39 is 0 Å². The van der Waals surface area contributed by atoms with Gasteiger partial charge >= 0.3 is 0 Å². The standard InChI is InChI=1S/C19H18O2/c1-21-19-12-10-14(13-18(19)20)9-11-16-7-4-6-15-5-2-3-8-17(15)16/h2-8,10,12-13,20H,9,11H2,1H3. The van der Waals surface area contributed by atoms with E-state index in [1.54, 1.807) is 13.2 Å². The third-order valence-corrected chi connectivity index (χ3v) is 3.81. The molecule has 0 fully saturated rings. The highest BCUT2D eigenvalue weighted by molar-refractivity contribution is 5.85. The number of phenolic OH excluding ortho intramolecular Hbond substituents is 1. The van der Waals surface area contributed by atoms with Gasteiger partial charge in [0.1, 0.15) is 0 Å². The topological polar surface area (TPSA) is 29.5 Å². The molecule has 2 heteroatoms. The highest BCUT2D eigenvalue weighted by atomic mass is 16.5. The lowest BCUT2D eigenvalue weighted by atomic mass is 9.98. The molecule has 21 heavy (non-hydrogen) atoms. The van der Waals surface area contributed by atoms with Crippen LogP contribution in [0.5, 0.6) is 11.5 Å². The number of rotatable bonds is 4. The van der Waals surface area contributed by atoms with Crippen LogP contribution in [-0.2, 0) is 12.8 Å². The van der Waals surface area contributed by atoms with Crippen molar-refractivity contribution in [1.82, 2.24) is 0 Å². The van der Waals surface area contributed by atoms with Gasteiger partial charge in [-0.15, -0.1) is 0 Å². The maximum Gasteiger partial charge on any atom is 0.160 e. The van der Waals surface area contributed by atoms with Crippen molar-refractivity contribution in [3.8, 4) is 11.5 Å². The number of methoxy groups -OCH3 is 1. The summed E-state index contributed by atoms with van der Waals surface area (Å²) >= 11 is 0. The minimum absolute atomic E-state index is 0.202. The Bertz CT molecular complexity index is 757. The van der Waals surface area contributed by atoms with Crippen molar-refractivity contribution in [3.63, 3.8) is 0 Å². The van der Waals surface area contributed by atoms with Crippen LogP contribution in [0.1, 0.15) is 11.1 Å². The summed E-state index contributed by atoms with van der Waals surface area (Å²) in [5.41, 5.74) is 2.45. The predicted octanol–water partition coefficient (Wildman–Crippen LogP) is 4.34. The molecule has 0 atom stereocenters. The molecule has 106 valence electrons. The molecule has 1 N–H and O–H groups in total. The lowest BCUT2D eigenvalue weighted by Gasteiger charge is -2.08. The SMILES string of the molecule is COc1ccc(CCc2cccc3ccccc23)cc1O. The van der Waals surface area contributed by atoms with Gasteiger partial charge in [0.05, 0.1) is 7.11 Å². The van der Waals surface area contributed by atoms with Crippen LogP contribution in [0.15, 0.2) is 60.7 Å². The average Bonchev–Trinajstić information content (AvgIpc) is 2.53. The summed E-state index contributed by atoms with van der Waals surface area (Å²) in [4.78, 5) is 0. The predicted molar refractivity (Wildman–Crippen MR) is 86.0 cm³/mol. The summed E-state index contributed by atoms with van der Waals surface area (Å²) in [6, 6.07) is 20.4. The Kier molecular flexibility index (Phi) is 3.78. The number of hydrogen-bond acceptors (Lipinski definition) is 2. The summed E-state index contributed by atoms with van der Waals surface area (Å²) in [5, 5.41) is 12.4. The summed E-state index contributed by atoms with van der Waals surface area (Å²) in [6.07, 6.45) is 1.85. The van der Waals surface area contributed by atoms with Crippen LogP contribution in [0.3, 0.4) is 0 Å². The summed E-state index contributed by atoms with van der Waals surface area (Å²) in [6.45, 7) is 0. The Morgan fingerprint density at radius 2 is 1.71 bits per heavy atom. The largest absolute Gasteiger partial charge is 0.504 e. The van der Waals surface area contributed by atoms with Gasteiger partial charge in [-0.25, -0.2) is 0 Å². The van der Waals surface area contributed by atoms with Crippen LogP contribution < -0.4 is 4.74 Å². The molecule has 0 saturated carbocycles. The smallest absolute Gasteiger partial charge is 0.160 e. The van der Waals surface area contributed by atoms with E-state index in [1.165, 1.54) is 16.3 Å². The van der Waals surface area contributed by atoms with Crippen LogP contribution in [0.4, 0.5) is 0 Å². The Hall–Kier alpha value is -2.48. The van der Waals surface area contributed by atoms with Gasteiger partial charge in [0.15, 0.2) is 11.5 Å². The normalized spacial score (nSPS) is 10.7. The number of aryl methyl sites for hydroxylation is 2. The van der Waals surface area contributed by atoms with Crippen LogP contribution in [0, 0.1) is 0 Å². The number of benzene rings is 3. The van der Waals surface area contributed by atoms with Gasteiger partial charge < -0.3 is 9.84 Å². The Labute approximate surface area is 124 Å². The third kappa shape index (κ3) is 2.84. The zero-order valence-electron chi connectivity index (χ0n) is 12.0. The molecule has 2 nitrogen and oxygen atoms in total.